The molecule has 1 fully saturated rings. The molecule has 1 unspecified atom stereocenters. The van der Waals surface area contributed by atoms with E-state index in [-0.39, 0.29) is 11.3 Å². The summed E-state index contributed by atoms with van der Waals surface area (Å²) in [4.78, 5) is 10.7. The summed E-state index contributed by atoms with van der Waals surface area (Å²) >= 11 is 0. The molecule has 1 saturated heterocycles. The van der Waals surface area contributed by atoms with E-state index in [0.29, 0.717) is 17.4 Å². The summed E-state index contributed by atoms with van der Waals surface area (Å²) in [5.74, 6) is 1.31. The van der Waals surface area contributed by atoms with Gasteiger partial charge in [-0.2, -0.15) is 0 Å². The molecule has 2 heterocycles. The van der Waals surface area contributed by atoms with E-state index in [0.717, 1.165) is 19.5 Å². The van der Waals surface area contributed by atoms with Crippen LogP contribution in [-0.2, 0) is 0 Å². The molecule has 3 N–H and O–H groups in total. The monoisotopic (exact) mass is 263 g/mol. The fourth-order valence-corrected chi connectivity index (χ4v) is 2.45. The number of amidine groups is 1. The topological polar surface area (TPSA) is 87.6 Å². The summed E-state index contributed by atoms with van der Waals surface area (Å²) in [5, 5.41) is 11.8. The molecule has 1 aromatic heterocycles. The second-order valence-corrected chi connectivity index (χ2v) is 6.01. The van der Waals surface area contributed by atoms with Gasteiger partial charge in [-0.1, -0.05) is 25.9 Å². The Morgan fingerprint density at radius 3 is 2.68 bits per heavy atom. The van der Waals surface area contributed by atoms with Gasteiger partial charge in [-0.25, -0.2) is 9.97 Å². The molecular weight excluding hydrogens is 242 g/mol. The SMILES string of the molecule is CC(C)(C)C1CCN(c2nccnc2C(N)=NO)C1. The van der Waals surface area contributed by atoms with Gasteiger partial charge in [0.15, 0.2) is 17.3 Å². The number of nitrogens with two attached hydrogens (primary N) is 1. The van der Waals surface area contributed by atoms with Crippen molar-refractivity contribution in [2.24, 2.45) is 22.2 Å². The molecule has 2 rings (SSSR count). The average Bonchev–Trinajstić information content (AvgIpc) is 2.87. The van der Waals surface area contributed by atoms with E-state index in [9.17, 15) is 0 Å². The molecule has 0 aromatic carbocycles. The van der Waals surface area contributed by atoms with Crippen molar-refractivity contribution < 1.29 is 5.21 Å². The maximum absolute atomic E-state index is 8.81. The first-order valence-corrected chi connectivity index (χ1v) is 6.47. The highest BCUT2D eigenvalue weighted by atomic mass is 16.4. The number of aromatic nitrogens is 2. The number of nitrogens with zero attached hydrogens (tertiary/aromatic N) is 4. The maximum atomic E-state index is 8.81. The third kappa shape index (κ3) is 2.77. The molecule has 104 valence electrons. The quantitative estimate of drug-likeness (QED) is 0.365. The van der Waals surface area contributed by atoms with Crippen molar-refractivity contribution in [3.63, 3.8) is 0 Å². The lowest BCUT2D eigenvalue weighted by atomic mass is 9.80. The number of rotatable bonds is 2. The molecule has 0 saturated carbocycles. The third-order valence-corrected chi connectivity index (χ3v) is 3.74. The molecule has 6 nitrogen and oxygen atoms in total. The van der Waals surface area contributed by atoms with Gasteiger partial charge in [0.25, 0.3) is 0 Å². The lowest BCUT2D eigenvalue weighted by molar-refractivity contribution is 0.263. The van der Waals surface area contributed by atoms with Crippen LogP contribution in [0.15, 0.2) is 17.5 Å². The van der Waals surface area contributed by atoms with Crippen LogP contribution >= 0.6 is 0 Å². The summed E-state index contributed by atoms with van der Waals surface area (Å²) in [6.45, 7) is 8.60. The predicted molar refractivity (Wildman–Crippen MR) is 74.3 cm³/mol. The molecule has 19 heavy (non-hydrogen) atoms. The maximum Gasteiger partial charge on any atom is 0.192 e. The normalized spacial score (nSPS) is 20.9. The first kappa shape index (κ1) is 13.6. The van der Waals surface area contributed by atoms with Crippen LogP contribution in [0.1, 0.15) is 32.9 Å². The Kier molecular flexibility index (Phi) is 3.59. The van der Waals surface area contributed by atoms with E-state index in [1.54, 1.807) is 12.4 Å². The molecule has 1 aliphatic heterocycles. The van der Waals surface area contributed by atoms with Crippen LogP contribution in [0.2, 0.25) is 0 Å². The van der Waals surface area contributed by atoms with Crippen molar-refractivity contribution in [1.82, 2.24) is 9.97 Å². The lowest BCUT2D eigenvalue weighted by Crippen LogP contribution is -2.29. The highest BCUT2D eigenvalue weighted by Crippen LogP contribution is 2.35. The van der Waals surface area contributed by atoms with Gasteiger partial charge in [-0.05, 0) is 17.8 Å². The van der Waals surface area contributed by atoms with Crippen LogP contribution in [0.25, 0.3) is 0 Å². The Hall–Kier alpha value is -1.85. The van der Waals surface area contributed by atoms with Gasteiger partial charge < -0.3 is 15.8 Å². The Labute approximate surface area is 113 Å². The minimum absolute atomic E-state index is 0.00214. The van der Waals surface area contributed by atoms with Crippen molar-refractivity contribution in [1.29, 1.82) is 0 Å². The smallest absolute Gasteiger partial charge is 0.192 e. The summed E-state index contributed by atoms with van der Waals surface area (Å²) in [5.41, 5.74) is 6.37. The molecule has 0 spiro atoms. The van der Waals surface area contributed by atoms with Gasteiger partial charge in [0.1, 0.15) is 0 Å². The van der Waals surface area contributed by atoms with Gasteiger partial charge in [0.05, 0.1) is 0 Å². The second-order valence-electron chi connectivity index (χ2n) is 6.01. The van der Waals surface area contributed by atoms with Crippen LogP contribution in [0, 0.1) is 11.3 Å². The van der Waals surface area contributed by atoms with Crippen LogP contribution in [0.3, 0.4) is 0 Å². The summed E-state index contributed by atoms with van der Waals surface area (Å²) in [7, 11) is 0. The fourth-order valence-electron chi connectivity index (χ4n) is 2.45. The standard InChI is InChI=1S/C13H21N5O/c1-13(2,3)9-4-7-18(8-9)12-10(11(14)17-19)15-5-6-16-12/h5-6,9,19H,4,7-8H2,1-3H3,(H2,14,17). The van der Waals surface area contributed by atoms with Crippen LogP contribution in [0.5, 0.6) is 0 Å². The molecule has 6 heteroatoms. The first-order valence-electron chi connectivity index (χ1n) is 6.47. The van der Waals surface area contributed by atoms with Gasteiger partial charge in [0, 0.05) is 25.5 Å². The molecule has 0 amide bonds. The van der Waals surface area contributed by atoms with E-state index < -0.39 is 0 Å². The van der Waals surface area contributed by atoms with E-state index in [1.165, 1.54) is 0 Å². The van der Waals surface area contributed by atoms with E-state index in [4.69, 9.17) is 10.9 Å². The van der Waals surface area contributed by atoms with Crippen molar-refractivity contribution in [2.75, 3.05) is 18.0 Å². The Bertz CT molecular complexity index is 480. The lowest BCUT2D eigenvalue weighted by Gasteiger charge is -2.27. The van der Waals surface area contributed by atoms with Gasteiger partial charge in [0.2, 0.25) is 0 Å². The van der Waals surface area contributed by atoms with Crippen molar-refractivity contribution in [3.8, 4) is 0 Å². The Morgan fingerprint density at radius 1 is 1.42 bits per heavy atom. The summed E-state index contributed by atoms with van der Waals surface area (Å²) in [6.07, 6.45) is 4.30. The van der Waals surface area contributed by atoms with Crippen molar-refractivity contribution in [2.45, 2.75) is 27.2 Å². The van der Waals surface area contributed by atoms with Crippen LogP contribution in [-0.4, -0.2) is 34.1 Å². The molecule has 1 atom stereocenters. The largest absolute Gasteiger partial charge is 0.409 e. The van der Waals surface area contributed by atoms with Crippen molar-refractivity contribution in [3.05, 3.63) is 18.1 Å². The molecule has 0 aliphatic carbocycles. The number of anilines is 1. The molecule has 0 radical (unpaired) electrons. The minimum Gasteiger partial charge on any atom is -0.409 e. The Balaban J connectivity index is 2.25. The fraction of sp³-hybridized carbons (Fsp3) is 0.615. The molecule has 0 bridgehead atoms. The zero-order valence-electron chi connectivity index (χ0n) is 11.7. The minimum atomic E-state index is 0.00214. The predicted octanol–water partition coefficient (Wildman–Crippen LogP) is 1.44. The molecular formula is C13H21N5O. The molecule has 1 aliphatic rings. The number of oxime groups is 1. The molecule has 1 aromatic rings. The van der Waals surface area contributed by atoms with Gasteiger partial charge in [-0.15, -0.1) is 0 Å². The second kappa shape index (κ2) is 5.03. The zero-order chi connectivity index (χ0) is 14.0. The average molecular weight is 263 g/mol. The highest BCUT2D eigenvalue weighted by molar-refractivity contribution is 5.99. The van der Waals surface area contributed by atoms with Crippen LogP contribution < -0.4 is 10.6 Å². The third-order valence-electron chi connectivity index (χ3n) is 3.74. The van der Waals surface area contributed by atoms with Crippen molar-refractivity contribution >= 4 is 11.7 Å². The van der Waals surface area contributed by atoms with Gasteiger partial charge >= 0.3 is 0 Å². The summed E-state index contributed by atoms with van der Waals surface area (Å²) in [6, 6.07) is 0. The van der Waals surface area contributed by atoms with E-state index in [1.807, 2.05) is 0 Å². The van der Waals surface area contributed by atoms with Crippen LogP contribution in [0.4, 0.5) is 5.82 Å². The van der Waals surface area contributed by atoms with E-state index >= 15 is 0 Å². The van der Waals surface area contributed by atoms with Gasteiger partial charge in [-0.3, -0.25) is 0 Å². The summed E-state index contributed by atoms with van der Waals surface area (Å²) < 4.78 is 0. The van der Waals surface area contributed by atoms with E-state index in [2.05, 4.69) is 40.8 Å². The number of hydrogen-bond donors (Lipinski definition) is 2. The first-order chi connectivity index (χ1) is 8.93. The Morgan fingerprint density at radius 2 is 2.11 bits per heavy atom. The highest BCUT2D eigenvalue weighted by Gasteiger charge is 2.33. The number of hydrogen-bond acceptors (Lipinski definition) is 5. The zero-order valence-corrected chi connectivity index (χ0v) is 11.7.